The molecular weight excluding hydrogens is 342 g/mol. The first-order valence-electron chi connectivity index (χ1n) is 7.54. The van der Waals surface area contributed by atoms with Crippen molar-refractivity contribution < 1.29 is 14.6 Å². The molecule has 3 N–H and O–H groups in total. The maximum atomic E-state index is 11.2. The minimum atomic E-state index is -0.298. The Kier molecular flexibility index (Phi) is 5.03. The first-order valence-corrected chi connectivity index (χ1v) is 8.53. The summed E-state index contributed by atoms with van der Waals surface area (Å²) in [5.74, 6) is 0.358. The van der Waals surface area contributed by atoms with Crippen LogP contribution in [0.15, 0.2) is 35.5 Å². The number of hydrogen-bond donors (Lipinski definition) is 2. The zero-order valence-electron chi connectivity index (χ0n) is 13.5. The first-order chi connectivity index (χ1) is 12.1. The quantitative estimate of drug-likeness (QED) is 0.389. The Balaban J connectivity index is 1.89. The Bertz CT molecular complexity index is 898. The highest BCUT2D eigenvalue weighted by Crippen LogP contribution is 2.26. The van der Waals surface area contributed by atoms with E-state index in [9.17, 15) is 9.90 Å². The normalized spacial score (nSPS) is 10.9. The second-order valence-corrected chi connectivity index (χ2v) is 6.28. The predicted molar refractivity (Wildman–Crippen MR) is 94.3 cm³/mol. The largest absolute Gasteiger partial charge is 0.480 e. The van der Waals surface area contributed by atoms with E-state index in [1.807, 2.05) is 30.3 Å². The topological polar surface area (TPSA) is 116 Å². The summed E-state index contributed by atoms with van der Waals surface area (Å²) in [4.78, 5) is 23.9. The number of nitrogens with two attached hydrogens (primary N) is 1. The molecular formula is C16H17N5O3S. The van der Waals surface area contributed by atoms with Crippen LogP contribution in [0.3, 0.4) is 0 Å². The average Bonchev–Trinajstić information content (AvgIpc) is 2.92. The molecule has 8 nitrogen and oxygen atoms in total. The molecule has 0 aliphatic carbocycles. The van der Waals surface area contributed by atoms with E-state index in [0.717, 1.165) is 5.56 Å². The summed E-state index contributed by atoms with van der Waals surface area (Å²) >= 11 is 1.29. The van der Waals surface area contributed by atoms with Crippen molar-refractivity contribution in [2.24, 2.45) is 0 Å². The summed E-state index contributed by atoms with van der Waals surface area (Å²) in [6.45, 7) is 0.409. The maximum absolute atomic E-state index is 11.2. The van der Waals surface area contributed by atoms with Crippen LogP contribution in [0.2, 0.25) is 0 Å². The third-order valence-corrected chi connectivity index (χ3v) is 4.38. The lowest BCUT2D eigenvalue weighted by Gasteiger charge is -2.06. The van der Waals surface area contributed by atoms with Crippen LogP contribution in [0.5, 0.6) is 6.01 Å². The molecule has 130 valence electrons. The molecule has 0 atom stereocenters. The van der Waals surface area contributed by atoms with Crippen LogP contribution < -0.4 is 5.73 Å². The number of aromatic nitrogens is 4. The molecule has 0 saturated carbocycles. The van der Waals surface area contributed by atoms with Crippen LogP contribution in [0.4, 0.5) is 5.82 Å². The van der Waals surface area contributed by atoms with Crippen molar-refractivity contribution >= 4 is 34.7 Å². The van der Waals surface area contributed by atoms with Gasteiger partial charge in [0.15, 0.2) is 22.1 Å². The van der Waals surface area contributed by atoms with Gasteiger partial charge in [0.25, 0.3) is 6.01 Å². The van der Waals surface area contributed by atoms with Gasteiger partial charge in [0.05, 0.1) is 20.1 Å². The van der Waals surface area contributed by atoms with Gasteiger partial charge < -0.3 is 15.6 Å². The monoisotopic (exact) mass is 359 g/mol. The number of anilines is 1. The molecule has 0 spiro atoms. The summed E-state index contributed by atoms with van der Waals surface area (Å²) < 4.78 is 6.18. The second kappa shape index (κ2) is 7.39. The number of benzene rings is 1. The molecule has 0 saturated heterocycles. The van der Waals surface area contributed by atoms with Crippen LogP contribution in [0.1, 0.15) is 12.0 Å². The number of ether oxygens (including phenoxy) is 1. The third kappa shape index (κ3) is 3.82. The number of aromatic hydroxyl groups is 1. The Labute approximate surface area is 148 Å². The van der Waals surface area contributed by atoms with Gasteiger partial charge in [0, 0.05) is 5.75 Å². The van der Waals surface area contributed by atoms with E-state index < -0.39 is 0 Å². The van der Waals surface area contributed by atoms with Gasteiger partial charge in [-0.2, -0.15) is 4.98 Å². The Hall–Kier alpha value is -2.81. The van der Waals surface area contributed by atoms with E-state index in [1.165, 1.54) is 18.9 Å². The Morgan fingerprint density at radius 3 is 2.76 bits per heavy atom. The van der Waals surface area contributed by atoms with E-state index in [-0.39, 0.29) is 24.2 Å². The molecule has 25 heavy (non-hydrogen) atoms. The second-order valence-electron chi connectivity index (χ2n) is 5.22. The summed E-state index contributed by atoms with van der Waals surface area (Å²) in [5.41, 5.74) is 7.75. The third-order valence-electron chi connectivity index (χ3n) is 3.53. The van der Waals surface area contributed by atoms with Gasteiger partial charge in [0.2, 0.25) is 0 Å². The molecule has 0 amide bonds. The molecule has 0 fully saturated rings. The fourth-order valence-corrected chi connectivity index (χ4v) is 3.06. The molecule has 0 radical (unpaired) electrons. The summed E-state index contributed by atoms with van der Waals surface area (Å²) in [6, 6.07) is 9.48. The van der Waals surface area contributed by atoms with Crippen LogP contribution >= 0.6 is 11.8 Å². The number of rotatable bonds is 6. The van der Waals surface area contributed by atoms with Gasteiger partial charge in [-0.05, 0) is 5.56 Å². The van der Waals surface area contributed by atoms with E-state index in [4.69, 9.17) is 5.73 Å². The molecule has 0 unspecified atom stereocenters. The number of nitrogens with zero attached hydrogens (tertiary/aromatic N) is 4. The first kappa shape index (κ1) is 17.0. The lowest BCUT2D eigenvalue weighted by Crippen LogP contribution is -2.04. The summed E-state index contributed by atoms with van der Waals surface area (Å²) in [7, 11) is 1.35. The van der Waals surface area contributed by atoms with Gasteiger partial charge in [-0.1, -0.05) is 42.1 Å². The SMILES string of the molecule is COC(=O)CCSc1nc(N)c2nc(O)n(Cc3ccccc3)c2n1. The Morgan fingerprint density at radius 2 is 2.04 bits per heavy atom. The fourth-order valence-electron chi connectivity index (χ4n) is 2.29. The predicted octanol–water partition coefficient (Wildman–Crippen LogP) is 1.82. The highest BCUT2D eigenvalue weighted by Gasteiger charge is 2.17. The number of methoxy groups -OCH3 is 1. The van der Waals surface area contributed by atoms with E-state index >= 15 is 0 Å². The van der Waals surface area contributed by atoms with Crippen LogP contribution in [0.25, 0.3) is 11.2 Å². The molecule has 9 heteroatoms. The van der Waals surface area contributed by atoms with Crippen molar-refractivity contribution in [2.75, 3.05) is 18.6 Å². The number of thioether (sulfide) groups is 1. The highest BCUT2D eigenvalue weighted by atomic mass is 32.2. The maximum Gasteiger partial charge on any atom is 0.306 e. The minimum absolute atomic E-state index is 0.170. The van der Waals surface area contributed by atoms with Crippen molar-refractivity contribution in [1.29, 1.82) is 0 Å². The molecule has 2 aromatic heterocycles. The van der Waals surface area contributed by atoms with Gasteiger partial charge in [-0.15, -0.1) is 0 Å². The van der Waals surface area contributed by atoms with Gasteiger partial charge >= 0.3 is 5.97 Å². The van der Waals surface area contributed by atoms with Crippen molar-refractivity contribution in [3.63, 3.8) is 0 Å². The van der Waals surface area contributed by atoms with Crippen LogP contribution in [0, 0.1) is 0 Å². The van der Waals surface area contributed by atoms with Crippen molar-refractivity contribution in [3.05, 3.63) is 35.9 Å². The lowest BCUT2D eigenvalue weighted by atomic mass is 10.2. The average molecular weight is 359 g/mol. The summed E-state index contributed by atoms with van der Waals surface area (Å²) in [5, 5.41) is 10.6. The number of carbonyl (C=O) groups excluding carboxylic acids is 1. The van der Waals surface area contributed by atoms with Crippen LogP contribution in [-0.2, 0) is 16.1 Å². The van der Waals surface area contributed by atoms with Gasteiger partial charge in [-0.3, -0.25) is 9.36 Å². The Morgan fingerprint density at radius 1 is 1.28 bits per heavy atom. The van der Waals surface area contributed by atoms with Crippen molar-refractivity contribution in [2.45, 2.75) is 18.1 Å². The van der Waals surface area contributed by atoms with E-state index in [1.54, 1.807) is 4.57 Å². The smallest absolute Gasteiger partial charge is 0.306 e. The number of hydrogen-bond acceptors (Lipinski definition) is 8. The zero-order valence-corrected chi connectivity index (χ0v) is 14.4. The molecule has 3 aromatic rings. The molecule has 0 aliphatic rings. The number of imidazole rings is 1. The molecule has 2 heterocycles. The number of esters is 1. The number of fused-ring (bicyclic) bond motifs is 1. The minimum Gasteiger partial charge on any atom is -0.480 e. The molecule has 3 rings (SSSR count). The van der Waals surface area contributed by atoms with Gasteiger partial charge in [-0.25, -0.2) is 9.97 Å². The van der Waals surface area contributed by atoms with Crippen molar-refractivity contribution in [1.82, 2.24) is 19.5 Å². The van der Waals surface area contributed by atoms with Crippen LogP contribution in [-0.4, -0.2) is 43.5 Å². The molecule has 1 aromatic carbocycles. The standard InChI is InChI=1S/C16H17N5O3S/c1-24-11(22)7-8-25-15-19-13(17)12-14(20-15)21(16(23)18-12)9-10-5-3-2-4-6-10/h2-6H,7-9H2,1H3,(H,18,23)(H2,17,19,20). The van der Waals surface area contributed by atoms with Gasteiger partial charge in [0.1, 0.15) is 0 Å². The van der Waals surface area contributed by atoms with E-state index in [2.05, 4.69) is 19.7 Å². The molecule has 0 bridgehead atoms. The molecule has 0 aliphatic heterocycles. The lowest BCUT2D eigenvalue weighted by molar-refractivity contribution is -0.140. The fraction of sp³-hybridized carbons (Fsp3) is 0.250. The zero-order chi connectivity index (χ0) is 17.8. The van der Waals surface area contributed by atoms with Crippen molar-refractivity contribution in [3.8, 4) is 6.01 Å². The highest BCUT2D eigenvalue weighted by molar-refractivity contribution is 7.99. The number of carbonyl (C=O) groups is 1. The number of nitrogen functional groups attached to an aromatic ring is 1. The summed E-state index contributed by atoms with van der Waals surface area (Å²) in [6.07, 6.45) is 0.247. The van der Waals surface area contributed by atoms with E-state index in [0.29, 0.717) is 28.6 Å².